The van der Waals surface area contributed by atoms with Gasteiger partial charge in [-0.05, 0) is 12.8 Å². The molecule has 0 aromatic heterocycles. The summed E-state index contributed by atoms with van der Waals surface area (Å²) in [6.07, 6.45) is 10.0. The van der Waals surface area contributed by atoms with Crippen LogP contribution in [0.2, 0.25) is 0 Å². The third kappa shape index (κ3) is 1.58. The maximum atomic E-state index is 5.55. The SMILES string of the molecule is C#CCC=C1CC(N)C1. The lowest BCUT2D eigenvalue weighted by Crippen LogP contribution is -2.29. The summed E-state index contributed by atoms with van der Waals surface area (Å²) in [7, 11) is 0. The molecule has 0 spiro atoms. The molecule has 0 unspecified atom stereocenters. The first kappa shape index (κ1) is 6.38. The lowest BCUT2D eigenvalue weighted by atomic mass is 9.87. The van der Waals surface area contributed by atoms with Crippen molar-refractivity contribution in [3.8, 4) is 12.3 Å². The zero-order valence-electron chi connectivity index (χ0n) is 5.43. The van der Waals surface area contributed by atoms with Gasteiger partial charge in [0.1, 0.15) is 0 Å². The molecule has 0 bridgehead atoms. The second kappa shape index (κ2) is 2.70. The smallest absolute Gasteiger partial charge is 0.0269 e. The Kier molecular flexibility index (Phi) is 1.92. The molecule has 1 saturated carbocycles. The van der Waals surface area contributed by atoms with Gasteiger partial charge in [-0.2, -0.15) is 0 Å². The minimum Gasteiger partial charge on any atom is -0.327 e. The van der Waals surface area contributed by atoms with Gasteiger partial charge in [0.2, 0.25) is 0 Å². The van der Waals surface area contributed by atoms with E-state index in [0.717, 1.165) is 19.3 Å². The molecule has 1 aliphatic rings. The molecule has 0 saturated heterocycles. The quantitative estimate of drug-likeness (QED) is 0.407. The summed E-state index contributed by atoms with van der Waals surface area (Å²) in [5.41, 5.74) is 6.98. The largest absolute Gasteiger partial charge is 0.327 e. The molecule has 0 radical (unpaired) electrons. The number of allylic oxidation sites excluding steroid dienone is 1. The highest BCUT2D eigenvalue weighted by Gasteiger charge is 2.17. The molecule has 0 amide bonds. The first-order valence-electron chi connectivity index (χ1n) is 3.20. The molecular formula is C8H11N. The Labute approximate surface area is 55.9 Å². The number of rotatable bonds is 1. The van der Waals surface area contributed by atoms with Crippen molar-refractivity contribution in [2.45, 2.75) is 25.3 Å². The fraction of sp³-hybridized carbons (Fsp3) is 0.500. The van der Waals surface area contributed by atoms with Gasteiger partial charge in [0.15, 0.2) is 0 Å². The Hall–Kier alpha value is -0.740. The molecule has 48 valence electrons. The number of hydrogen-bond acceptors (Lipinski definition) is 1. The first-order valence-corrected chi connectivity index (χ1v) is 3.20. The molecule has 9 heavy (non-hydrogen) atoms. The lowest BCUT2D eigenvalue weighted by Gasteiger charge is -2.24. The van der Waals surface area contributed by atoms with Gasteiger partial charge >= 0.3 is 0 Å². The van der Waals surface area contributed by atoms with Gasteiger partial charge in [-0.1, -0.05) is 11.6 Å². The molecule has 1 rings (SSSR count). The van der Waals surface area contributed by atoms with E-state index in [1.165, 1.54) is 5.57 Å². The standard InChI is InChI=1S/C8H11N/c1-2-3-4-7-5-8(9)6-7/h1,4,8H,3,5-6,9H2. The van der Waals surface area contributed by atoms with Gasteiger partial charge in [0, 0.05) is 12.5 Å². The Bertz CT molecular complexity index is 154. The number of terminal acetylenes is 1. The summed E-state index contributed by atoms with van der Waals surface area (Å²) in [6, 6.07) is 0.411. The summed E-state index contributed by atoms with van der Waals surface area (Å²) in [6.45, 7) is 0. The van der Waals surface area contributed by atoms with E-state index < -0.39 is 0 Å². The summed E-state index contributed by atoms with van der Waals surface area (Å²) < 4.78 is 0. The van der Waals surface area contributed by atoms with Crippen LogP contribution >= 0.6 is 0 Å². The fourth-order valence-electron chi connectivity index (χ4n) is 0.984. The van der Waals surface area contributed by atoms with Gasteiger partial charge in [-0.3, -0.25) is 0 Å². The Morgan fingerprint density at radius 1 is 1.78 bits per heavy atom. The van der Waals surface area contributed by atoms with Crippen LogP contribution in [0.4, 0.5) is 0 Å². The molecule has 0 aromatic carbocycles. The van der Waals surface area contributed by atoms with Crippen molar-refractivity contribution in [2.24, 2.45) is 5.73 Å². The zero-order valence-corrected chi connectivity index (χ0v) is 5.43. The van der Waals surface area contributed by atoms with E-state index in [2.05, 4.69) is 12.0 Å². The van der Waals surface area contributed by atoms with Crippen LogP contribution in [0.1, 0.15) is 19.3 Å². The van der Waals surface area contributed by atoms with E-state index in [1.54, 1.807) is 0 Å². The Morgan fingerprint density at radius 3 is 2.89 bits per heavy atom. The Balaban J connectivity index is 2.24. The molecule has 2 N–H and O–H groups in total. The van der Waals surface area contributed by atoms with Gasteiger partial charge < -0.3 is 5.73 Å². The second-order valence-corrected chi connectivity index (χ2v) is 2.44. The van der Waals surface area contributed by atoms with E-state index in [4.69, 9.17) is 12.2 Å². The third-order valence-corrected chi connectivity index (χ3v) is 1.56. The van der Waals surface area contributed by atoms with Crippen molar-refractivity contribution < 1.29 is 0 Å². The molecular weight excluding hydrogens is 110 g/mol. The highest BCUT2D eigenvalue weighted by Crippen LogP contribution is 2.24. The molecule has 1 fully saturated rings. The van der Waals surface area contributed by atoms with Crippen molar-refractivity contribution in [1.29, 1.82) is 0 Å². The van der Waals surface area contributed by atoms with Crippen molar-refractivity contribution in [2.75, 3.05) is 0 Å². The summed E-state index contributed by atoms with van der Waals surface area (Å²) in [4.78, 5) is 0. The monoisotopic (exact) mass is 121 g/mol. The minimum absolute atomic E-state index is 0.411. The van der Waals surface area contributed by atoms with Crippen LogP contribution in [0, 0.1) is 12.3 Å². The van der Waals surface area contributed by atoms with E-state index in [9.17, 15) is 0 Å². The fourth-order valence-corrected chi connectivity index (χ4v) is 0.984. The van der Waals surface area contributed by atoms with E-state index in [1.807, 2.05) is 0 Å². The van der Waals surface area contributed by atoms with Crippen molar-refractivity contribution >= 4 is 0 Å². The Morgan fingerprint density at radius 2 is 2.44 bits per heavy atom. The van der Waals surface area contributed by atoms with Crippen LogP contribution in [0.5, 0.6) is 0 Å². The predicted molar refractivity (Wildman–Crippen MR) is 38.7 cm³/mol. The van der Waals surface area contributed by atoms with E-state index >= 15 is 0 Å². The van der Waals surface area contributed by atoms with Crippen LogP contribution in [-0.4, -0.2) is 6.04 Å². The molecule has 1 nitrogen and oxygen atoms in total. The van der Waals surface area contributed by atoms with Gasteiger partial charge in [-0.25, -0.2) is 0 Å². The summed E-state index contributed by atoms with van der Waals surface area (Å²) in [5, 5.41) is 0. The third-order valence-electron chi connectivity index (χ3n) is 1.56. The van der Waals surface area contributed by atoms with E-state index in [-0.39, 0.29) is 0 Å². The predicted octanol–water partition coefficient (Wildman–Crippen LogP) is 1.06. The van der Waals surface area contributed by atoms with Gasteiger partial charge in [-0.15, -0.1) is 12.3 Å². The summed E-state index contributed by atoms with van der Waals surface area (Å²) >= 11 is 0. The lowest BCUT2D eigenvalue weighted by molar-refractivity contribution is 0.540. The average Bonchev–Trinajstić information content (AvgIpc) is 1.78. The molecule has 0 aromatic rings. The first-order chi connectivity index (χ1) is 4.33. The van der Waals surface area contributed by atoms with Crippen molar-refractivity contribution in [1.82, 2.24) is 0 Å². The molecule has 1 aliphatic carbocycles. The maximum Gasteiger partial charge on any atom is 0.0269 e. The summed E-state index contributed by atoms with van der Waals surface area (Å²) in [5.74, 6) is 2.56. The highest BCUT2D eigenvalue weighted by atomic mass is 14.7. The number of nitrogens with two attached hydrogens (primary N) is 1. The van der Waals surface area contributed by atoms with Crippen LogP contribution < -0.4 is 5.73 Å². The topological polar surface area (TPSA) is 26.0 Å². The minimum atomic E-state index is 0.411. The molecule has 0 aliphatic heterocycles. The molecule has 0 atom stereocenters. The average molecular weight is 121 g/mol. The second-order valence-electron chi connectivity index (χ2n) is 2.44. The maximum absolute atomic E-state index is 5.55. The van der Waals surface area contributed by atoms with Crippen LogP contribution in [-0.2, 0) is 0 Å². The van der Waals surface area contributed by atoms with Crippen LogP contribution in [0.15, 0.2) is 11.6 Å². The van der Waals surface area contributed by atoms with Crippen LogP contribution in [0.3, 0.4) is 0 Å². The van der Waals surface area contributed by atoms with Crippen molar-refractivity contribution in [3.05, 3.63) is 11.6 Å². The zero-order chi connectivity index (χ0) is 6.69. The molecule has 1 heteroatoms. The van der Waals surface area contributed by atoms with Gasteiger partial charge in [0.05, 0.1) is 0 Å². The van der Waals surface area contributed by atoms with Gasteiger partial charge in [0.25, 0.3) is 0 Å². The molecule has 0 heterocycles. The number of hydrogen-bond donors (Lipinski definition) is 1. The van der Waals surface area contributed by atoms with Crippen LogP contribution in [0.25, 0.3) is 0 Å². The normalized spacial score (nSPS) is 24.4. The van der Waals surface area contributed by atoms with Crippen molar-refractivity contribution in [3.63, 3.8) is 0 Å². The van der Waals surface area contributed by atoms with E-state index in [0.29, 0.717) is 6.04 Å². The highest BCUT2D eigenvalue weighted by molar-refractivity contribution is 5.17.